The number of pyridine rings is 1. The zero-order valence-corrected chi connectivity index (χ0v) is 34.5. The molecule has 0 atom stereocenters. The van der Waals surface area contributed by atoms with E-state index in [1.807, 2.05) is 6.07 Å². The standard InChI is InChI=1S/C59H36N4O/c1-2-13-37(14-3-1)50-19-12-20-51(60-50)38-25-31-58-48(33-38)49-36-41(28-32-59(49)64-58)63-56-29-26-39(61-52-21-8-4-15-42(52)43-16-5-9-22-53(43)61)34-46(56)47-35-40(27-30-57(47)63)62-54-23-10-6-17-44(54)45-18-7-11-24-55(45)62/h1-36H. The molecular weight excluding hydrogens is 781 g/mol. The molecule has 5 aromatic heterocycles. The molecule has 5 heteroatoms. The summed E-state index contributed by atoms with van der Waals surface area (Å²) >= 11 is 0. The highest BCUT2D eigenvalue weighted by Gasteiger charge is 2.20. The molecule has 5 heterocycles. The SMILES string of the molecule is c1ccc(-c2cccc(-c3ccc4oc5ccc(-n6c7ccc(-n8c9ccccc9c9ccccc98)cc7c7cc(-n8c9ccccc9c9ccccc98)ccc76)cc5c4c3)n2)cc1. The summed E-state index contributed by atoms with van der Waals surface area (Å²) in [7, 11) is 0. The molecule has 0 radical (unpaired) electrons. The lowest BCUT2D eigenvalue weighted by Gasteiger charge is -2.11. The molecule has 14 rings (SSSR count). The molecule has 14 aromatic rings. The van der Waals surface area contributed by atoms with Crippen LogP contribution in [-0.2, 0) is 0 Å². The zero-order chi connectivity index (χ0) is 41.9. The molecule has 0 unspecified atom stereocenters. The van der Waals surface area contributed by atoms with E-state index in [1.165, 1.54) is 54.4 Å². The summed E-state index contributed by atoms with van der Waals surface area (Å²) in [6.45, 7) is 0. The summed E-state index contributed by atoms with van der Waals surface area (Å²) in [4.78, 5) is 5.09. The van der Waals surface area contributed by atoms with Gasteiger partial charge in [0.2, 0.25) is 0 Å². The third-order valence-electron chi connectivity index (χ3n) is 13.2. The largest absolute Gasteiger partial charge is 0.456 e. The molecule has 0 amide bonds. The van der Waals surface area contributed by atoms with Gasteiger partial charge in [-0.25, -0.2) is 4.98 Å². The predicted octanol–water partition coefficient (Wildman–Crippen LogP) is 15.6. The van der Waals surface area contributed by atoms with Crippen LogP contribution in [0, 0.1) is 0 Å². The molecule has 9 aromatic carbocycles. The smallest absolute Gasteiger partial charge is 0.135 e. The van der Waals surface area contributed by atoms with Crippen molar-refractivity contribution < 1.29 is 4.42 Å². The third-order valence-corrected chi connectivity index (χ3v) is 13.2. The quantitative estimate of drug-likeness (QED) is 0.174. The average molecular weight is 817 g/mol. The Hall–Kier alpha value is -8.67. The Bertz CT molecular complexity index is 3920. The van der Waals surface area contributed by atoms with Crippen LogP contribution in [0.2, 0.25) is 0 Å². The van der Waals surface area contributed by atoms with Gasteiger partial charge >= 0.3 is 0 Å². The molecule has 0 spiro atoms. The molecule has 298 valence electrons. The second-order valence-electron chi connectivity index (χ2n) is 16.7. The van der Waals surface area contributed by atoms with Crippen LogP contribution in [0.5, 0.6) is 0 Å². The highest BCUT2D eigenvalue weighted by Crippen LogP contribution is 2.41. The number of para-hydroxylation sites is 4. The summed E-state index contributed by atoms with van der Waals surface area (Å²) in [6.07, 6.45) is 0. The lowest BCUT2D eigenvalue weighted by Crippen LogP contribution is -1.96. The second kappa shape index (κ2) is 13.4. The van der Waals surface area contributed by atoms with E-state index in [-0.39, 0.29) is 0 Å². The molecule has 5 nitrogen and oxygen atoms in total. The van der Waals surface area contributed by atoms with Crippen molar-refractivity contribution in [2.45, 2.75) is 0 Å². The van der Waals surface area contributed by atoms with E-state index >= 15 is 0 Å². The number of aromatic nitrogens is 4. The summed E-state index contributed by atoms with van der Waals surface area (Å²) in [5.74, 6) is 0. The highest BCUT2D eigenvalue weighted by atomic mass is 16.3. The van der Waals surface area contributed by atoms with Crippen LogP contribution in [0.15, 0.2) is 223 Å². The maximum absolute atomic E-state index is 6.50. The summed E-state index contributed by atoms with van der Waals surface area (Å²) in [6, 6.07) is 78.4. The van der Waals surface area contributed by atoms with Crippen LogP contribution in [0.25, 0.3) is 127 Å². The summed E-state index contributed by atoms with van der Waals surface area (Å²) in [5.41, 5.74) is 16.1. The zero-order valence-electron chi connectivity index (χ0n) is 34.5. The lowest BCUT2D eigenvalue weighted by molar-refractivity contribution is 0.669. The molecule has 0 bridgehead atoms. The van der Waals surface area contributed by atoms with Crippen LogP contribution < -0.4 is 0 Å². The van der Waals surface area contributed by atoms with Crippen LogP contribution in [0.4, 0.5) is 0 Å². The highest BCUT2D eigenvalue weighted by molar-refractivity contribution is 6.15. The molecule has 0 aliphatic heterocycles. The van der Waals surface area contributed by atoms with Gasteiger partial charge in [-0.05, 0) is 109 Å². The number of nitrogens with zero attached hydrogens (tertiary/aromatic N) is 4. The van der Waals surface area contributed by atoms with Gasteiger partial charge < -0.3 is 18.1 Å². The van der Waals surface area contributed by atoms with Crippen molar-refractivity contribution in [3.05, 3.63) is 218 Å². The fourth-order valence-electron chi connectivity index (χ4n) is 10.4. The minimum atomic E-state index is 0.851. The van der Waals surface area contributed by atoms with Gasteiger partial charge in [-0.3, -0.25) is 0 Å². The molecule has 0 saturated carbocycles. The van der Waals surface area contributed by atoms with Crippen LogP contribution in [0.3, 0.4) is 0 Å². The van der Waals surface area contributed by atoms with Crippen molar-refractivity contribution in [3.63, 3.8) is 0 Å². The number of furan rings is 1. The normalized spacial score (nSPS) is 12.1. The van der Waals surface area contributed by atoms with E-state index in [4.69, 9.17) is 9.40 Å². The first kappa shape index (κ1) is 35.0. The van der Waals surface area contributed by atoms with E-state index in [1.54, 1.807) is 0 Å². The molecule has 0 saturated heterocycles. The maximum atomic E-state index is 6.50. The average Bonchev–Trinajstić information content (AvgIpc) is 4.10. The number of rotatable bonds is 5. The van der Waals surface area contributed by atoms with Crippen LogP contribution >= 0.6 is 0 Å². The second-order valence-corrected chi connectivity index (χ2v) is 16.7. The molecular formula is C59H36N4O. The summed E-state index contributed by atoms with van der Waals surface area (Å²) in [5, 5.41) is 9.48. The van der Waals surface area contributed by atoms with Gasteiger partial charge in [-0.2, -0.15) is 0 Å². The van der Waals surface area contributed by atoms with E-state index < -0.39 is 0 Å². The lowest BCUT2D eigenvalue weighted by atomic mass is 10.0. The van der Waals surface area contributed by atoms with Gasteiger partial charge in [-0.1, -0.05) is 109 Å². The molecule has 0 aliphatic carbocycles. The topological polar surface area (TPSA) is 40.8 Å². The number of benzene rings is 9. The Morgan fingerprint density at radius 3 is 1.17 bits per heavy atom. The fraction of sp³-hybridized carbons (Fsp3) is 0. The Morgan fingerprint density at radius 1 is 0.266 bits per heavy atom. The van der Waals surface area contributed by atoms with Gasteiger partial charge in [-0.15, -0.1) is 0 Å². The Labute approximate surface area is 366 Å². The van der Waals surface area contributed by atoms with Crippen LogP contribution in [-0.4, -0.2) is 18.7 Å². The molecule has 0 aliphatic rings. The minimum absolute atomic E-state index is 0.851. The van der Waals surface area contributed by atoms with Crippen molar-refractivity contribution in [2.24, 2.45) is 0 Å². The predicted molar refractivity (Wildman–Crippen MR) is 265 cm³/mol. The monoisotopic (exact) mass is 816 g/mol. The van der Waals surface area contributed by atoms with Crippen molar-refractivity contribution >= 4 is 87.4 Å². The van der Waals surface area contributed by atoms with Crippen molar-refractivity contribution in [3.8, 4) is 39.6 Å². The molecule has 0 fully saturated rings. The fourth-order valence-corrected chi connectivity index (χ4v) is 10.4. The summed E-state index contributed by atoms with van der Waals surface area (Å²) < 4.78 is 13.7. The molecule has 64 heavy (non-hydrogen) atoms. The minimum Gasteiger partial charge on any atom is -0.456 e. The first-order chi connectivity index (χ1) is 31.7. The van der Waals surface area contributed by atoms with Crippen molar-refractivity contribution in [1.29, 1.82) is 0 Å². The Balaban J connectivity index is 1.00. The van der Waals surface area contributed by atoms with Gasteiger partial charge in [0.1, 0.15) is 11.2 Å². The third kappa shape index (κ3) is 5.09. The van der Waals surface area contributed by atoms with E-state index in [0.717, 1.165) is 72.5 Å². The number of hydrogen-bond donors (Lipinski definition) is 0. The first-order valence-electron chi connectivity index (χ1n) is 21.8. The van der Waals surface area contributed by atoms with E-state index in [2.05, 4.69) is 226 Å². The van der Waals surface area contributed by atoms with E-state index in [9.17, 15) is 0 Å². The van der Waals surface area contributed by atoms with Gasteiger partial charge in [0.15, 0.2) is 0 Å². The maximum Gasteiger partial charge on any atom is 0.135 e. The Morgan fingerprint density at radius 2 is 0.656 bits per heavy atom. The van der Waals surface area contributed by atoms with Gasteiger partial charge in [0.25, 0.3) is 0 Å². The van der Waals surface area contributed by atoms with Gasteiger partial charge in [0, 0.05) is 71.3 Å². The number of hydrogen-bond acceptors (Lipinski definition) is 2. The van der Waals surface area contributed by atoms with Crippen molar-refractivity contribution in [1.82, 2.24) is 18.7 Å². The first-order valence-corrected chi connectivity index (χ1v) is 21.8. The number of fused-ring (bicyclic) bond motifs is 12. The molecule has 0 N–H and O–H groups in total. The van der Waals surface area contributed by atoms with E-state index in [0.29, 0.717) is 0 Å². The Kier molecular flexibility index (Phi) is 7.33. The van der Waals surface area contributed by atoms with Crippen molar-refractivity contribution in [2.75, 3.05) is 0 Å². The van der Waals surface area contributed by atoms with Gasteiger partial charge in [0.05, 0.1) is 44.5 Å². The van der Waals surface area contributed by atoms with Crippen LogP contribution in [0.1, 0.15) is 0 Å².